The topological polar surface area (TPSA) is 65.5 Å². The predicted octanol–water partition coefficient (Wildman–Crippen LogP) is 32.9. The summed E-state index contributed by atoms with van der Waals surface area (Å²) in [4.78, 5) is 9.75. The van der Waals surface area contributed by atoms with Gasteiger partial charge in [0.05, 0.1) is 5.69 Å². The fourth-order valence-corrected chi connectivity index (χ4v) is 20.1. The molecule has 4 heterocycles. The number of rotatable bonds is 16. The van der Waals surface area contributed by atoms with E-state index < -0.39 is 0 Å². The summed E-state index contributed by atoms with van der Waals surface area (Å²) in [5.41, 5.74) is 27.0. The minimum absolute atomic E-state index is 0.0572. The zero-order valence-corrected chi connectivity index (χ0v) is 70.6. The number of furan rings is 4. The minimum atomic E-state index is 0.0572. The van der Waals surface area contributed by atoms with E-state index in [4.69, 9.17) is 17.7 Å². The van der Waals surface area contributed by atoms with Crippen LogP contribution in [-0.4, -0.2) is 6.04 Å². The SMILES string of the molecule is CC(C)c1ccc(N(c2cc#ccc2)c2ccc3cc4c(cc3c2)oc2c4ccc3c4cc5ccc(N(c6ccccc6)c6ccc(C(C)Cc7cccc(N(C8=Cc9cc%10oc%11c(ccc%12c%13cc%14ccc(N(c%15ccccc%15)c%15ccc(C(C)(C)C)cc%15)cc%14cc%13oc%12%11)c%10cc9CC8)C8CCC(C(C)(C)C)CC8)c7)cc6)cc5cc4oc32)cc1. The molecule has 0 amide bonds. The molecule has 596 valence electrons. The summed E-state index contributed by atoms with van der Waals surface area (Å²) in [6.07, 6.45) is 10.1. The number of benzene rings is 15. The van der Waals surface area contributed by atoms with Gasteiger partial charge in [-0.25, -0.2) is 0 Å². The third-order valence-corrected chi connectivity index (χ3v) is 26.8. The van der Waals surface area contributed by atoms with Crippen molar-refractivity contribution in [2.45, 2.75) is 131 Å². The van der Waals surface area contributed by atoms with E-state index in [1.165, 1.54) is 57.6 Å². The molecule has 0 spiro atoms. The van der Waals surface area contributed by atoms with E-state index in [9.17, 15) is 0 Å². The molecule has 16 aromatic carbocycles. The van der Waals surface area contributed by atoms with E-state index in [0.29, 0.717) is 17.9 Å². The number of anilines is 10. The van der Waals surface area contributed by atoms with Gasteiger partial charge in [0.1, 0.15) is 22.3 Å². The van der Waals surface area contributed by atoms with Crippen molar-refractivity contribution < 1.29 is 17.7 Å². The first-order chi connectivity index (χ1) is 59.4. The maximum Gasteiger partial charge on any atom is 0.178 e. The molecule has 122 heavy (non-hydrogen) atoms. The molecule has 8 heteroatoms. The van der Waals surface area contributed by atoms with Gasteiger partial charge in [-0.3, -0.25) is 0 Å². The van der Waals surface area contributed by atoms with Gasteiger partial charge in [-0.05, 0) is 339 Å². The van der Waals surface area contributed by atoms with Crippen LogP contribution in [0.2, 0.25) is 0 Å². The van der Waals surface area contributed by atoms with Crippen LogP contribution in [-0.2, 0) is 18.3 Å². The first-order valence-corrected chi connectivity index (χ1v) is 43.6. The lowest BCUT2D eigenvalue weighted by atomic mass is 9.71. The molecule has 4 aromatic heterocycles. The molecule has 2 aliphatic carbocycles. The van der Waals surface area contributed by atoms with Crippen LogP contribution in [0.3, 0.4) is 0 Å². The largest absolute Gasteiger partial charge is 0.452 e. The fourth-order valence-electron chi connectivity index (χ4n) is 20.1. The summed E-state index contributed by atoms with van der Waals surface area (Å²) >= 11 is 0. The lowest BCUT2D eigenvalue weighted by Gasteiger charge is -2.43. The third-order valence-electron chi connectivity index (χ3n) is 26.8. The van der Waals surface area contributed by atoms with Crippen molar-refractivity contribution in [3.8, 4) is 0 Å². The highest BCUT2D eigenvalue weighted by atomic mass is 16.4. The Morgan fingerprint density at radius 1 is 0.352 bits per heavy atom. The average molecular weight is 1590 g/mol. The van der Waals surface area contributed by atoms with Gasteiger partial charge in [0.25, 0.3) is 0 Å². The Kier molecular flexibility index (Phi) is 17.9. The number of allylic oxidation sites excluding steroid dienone is 1. The predicted molar refractivity (Wildman–Crippen MR) is 512 cm³/mol. The molecule has 0 aliphatic heterocycles. The number of nitrogens with zero attached hydrogens (tertiary/aromatic N) is 4. The molecule has 0 saturated heterocycles. The van der Waals surface area contributed by atoms with Crippen molar-refractivity contribution in [3.63, 3.8) is 0 Å². The monoisotopic (exact) mass is 1580 g/mol. The summed E-state index contributed by atoms with van der Waals surface area (Å²) in [5, 5.41) is 15.2. The van der Waals surface area contributed by atoms with Crippen LogP contribution < -0.4 is 19.6 Å². The van der Waals surface area contributed by atoms with Crippen molar-refractivity contribution in [3.05, 3.63) is 355 Å². The van der Waals surface area contributed by atoms with Crippen LogP contribution in [0, 0.1) is 23.5 Å². The van der Waals surface area contributed by atoms with Crippen molar-refractivity contribution in [1.29, 1.82) is 0 Å². The third kappa shape index (κ3) is 13.2. The molecule has 8 nitrogen and oxygen atoms in total. The van der Waals surface area contributed by atoms with Crippen molar-refractivity contribution in [1.82, 2.24) is 0 Å². The molecule has 1 saturated carbocycles. The zero-order valence-electron chi connectivity index (χ0n) is 70.6. The number of hydrogen-bond acceptors (Lipinski definition) is 8. The van der Waals surface area contributed by atoms with Crippen molar-refractivity contribution >= 4 is 183 Å². The lowest BCUT2D eigenvalue weighted by molar-refractivity contribution is 0.168. The quantitative estimate of drug-likeness (QED) is 0.0948. The van der Waals surface area contributed by atoms with E-state index >= 15 is 0 Å². The standard InChI is InChI=1S/C114H96N4O4/c1-70(2)73-28-40-88(41-29-73)115(85-21-13-10-14-22-85)93-44-32-75-62-101-97-52-53-98-102-63-76-33-45-94(59-80(76)67-106(102)120-110(98)109(97)119-105(101)66-79(75)58-93)116(86-23-15-11-16-24-86)89-42-30-74(31-43-89)71(3)56-72-20-19-27-92(57-72)118(91-50-38-84(39-51-91)114(7,8)9)96-47-35-78-65-104-100-55-54-99-103-64-77-34-46-95(60-81(77)68-107(103)121-111(99)112(100)122-108(104)69-82(78)61-96)117(87-25-17-12-18-26-87)90-48-36-83(37-49-90)113(4,5)6/h11-13,15-34,36-37,40-46,48-49,52-55,57-71,84,91H,35,38-39,47,50-51,56H2,1-9H3. The van der Waals surface area contributed by atoms with Crippen LogP contribution in [0.4, 0.5) is 56.9 Å². The van der Waals surface area contributed by atoms with Gasteiger partial charge in [-0.15, -0.1) is 0 Å². The number of para-hydroxylation sites is 2. The van der Waals surface area contributed by atoms with Crippen LogP contribution in [0.1, 0.15) is 140 Å². The van der Waals surface area contributed by atoms with E-state index in [0.717, 1.165) is 203 Å². The summed E-state index contributed by atoms with van der Waals surface area (Å²) in [6.45, 7) is 20.9. The highest BCUT2D eigenvalue weighted by molar-refractivity contribution is 6.23. The van der Waals surface area contributed by atoms with Crippen LogP contribution >= 0.6 is 0 Å². The van der Waals surface area contributed by atoms with Crippen molar-refractivity contribution in [2.24, 2.45) is 11.3 Å². The van der Waals surface area contributed by atoms with E-state index in [1.807, 2.05) is 12.1 Å². The van der Waals surface area contributed by atoms with Gasteiger partial charge in [0.15, 0.2) is 22.3 Å². The highest BCUT2D eigenvalue weighted by Crippen LogP contribution is 2.50. The van der Waals surface area contributed by atoms with Gasteiger partial charge >= 0.3 is 0 Å². The maximum atomic E-state index is 7.05. The van der Waals surface area contributed by atoms with E-state index in [1.54, 1.807) is 0 Å². The average Bonchev–Trinajstić information content (AvgIpc) is 1.57. The normalized spacial score (nSPS) is 15.0. The number of fused-ring (bicyclic) bond motifs is 18. The Morgan fingerprint density at radius 2 is 0.787 bits per heavy atom. The Labute approximate surface area is 712 Å². The van der Waals surface area contributed by atoms with Crippen LogP contribution in [0.5, 0.6) is 0 Å². The van der Waals surface area contributed by atoms with Gasteiger partial charge in [-0.2, -0.15) is 0 Å². The lowest BCUT2D eigenvalue weighted by Crippen LogP contribution is -2.40. The summed E-state index contributed by atoms with van der Waals surface area (Å²) in [5.74, 6) is 1.40. The Bertz CT molecular complexity index is 7490. The van der Waals surface area contributed by atoms with E-state index in [-0.39, 0.29) is 16.7 Å². The van der Waals surface area contributed by atoms with E-state index in [2.05, 4.69) is 391 Å². The van der Waals surface area contributed by atoms with Crippen LogP contribution in [0.15, 0.2) is 327 Å². The van der Waals surface area contributed by atoms with Gasteiger partial charge in [0, 0.05) is 112 Å². The second-order valence-corrected chi connectivity index (χ2v) is 36.9. The summed E-state index contributed by atoms with van der Waals surface area (Å²) in [7, 11) is 0. The molecule has 0 N–H and O–H groups in total. The molecule has 22 rings (SSSR count). The number of aryl methyl sites for hydroxylation is 1. The molecular weight excluding hydrogens is 1490 g/mol. The Balaban J connectivity index is 0.539. The first kappa shape index (κ1) is 74.5. The molecule has 2 aliphatic rings. The second kappa shape index (κ2) is 29.3. The Morgan fingerprint density at radius 3 is 1.25 bits per heavy atom. The molecule has 0 bridgehead atoms. The fraction of sp³-hybridized carbons (Fsp3) is 0.193. The number of hydrogen-bond donors (Lipinski definition) is 0. The summed E-state index contributed by atoms with van der Waals surface area (Å²) < 4.78 is 27.9. The van der Waals surface area contributed by atoms with Gasteiger partial charge < -0.3 is 37.3 Å². The molecule has 1 atom stereocenters. The zero-order chi connectivity index (χ0) is 82.4. The van der Waals surface area contributed by atoms with Crippen LogP contribution in [0.25, 0.3) is 126 Å². The molecule has 0 radical (unpaired) electrons. The second-order valence-electron chi connectivity index (χ2n) is 36.9. The molecule has 1 unspecified atom stereocenters. The van der Waals surface area contributed by atoms with Crippen molar-refractivity contribution in [2.75, 3.05) is 19.6 Å². The highest BCUT2D eigenvalue weighted by Gasteiger charge is 2.35. The Hall–Kier alpha value is -13.7. The van der Waals surface area contributed by atoms with Gasteiger partial charge in [-0.1, -0.05) is 178 Å². The minimum Gasteiger partial charge on any atom is -0.452 e. The summed E-state index contributed by atoms with van der Waals surface area (Å²) in [6, 6.07) is 118. The van der Waals surface area contributed by atoms with Gasteiger partial charge in [0.2, 0.25) is 0 Å². The molecular formula is C114H96N4O4. The first-order valence-electron chi connectivity index (χ1n) is 43.6. The maximum absolute atomic E-state index is 7.05. The smallest absolute Gasteiger partial charge is 0.178 e. The molecule has 1 fully saturated rings. The molecule has 20 aromatic rings.